The van der Waals surface area contributed by atoms with Crippen LogP contribution in [0.2, 0.25) is 0 Å². The molecule has 1 aromatic carbocycles. The van der Waals surface area contributed by atoms with E-state index >= 15 is 0 Å². The molecule has 3 saturated heterocycles. The van der Waals surface area contributed by atoms with Crippen LogP contribution in [-0.4, -0.2) is 101 Å². The lowest BCUT2D eigenvalue weighted by molar-refractivity contribution is -0.145. The Labute approximate surface area is 258 Å². The molecule has 0 radical (unpaired) electrons. The largest absolute Gasteiger partial charge is 0.396 e. The molecule has 0 saturated carbocycles. The van der Waals surface area contributed by atoms with Crippen LogP contribution >= 0.6 is 15.9 Å². The number of likely N-dealkylation sites (tertiary alicyclic amines) is 1. The molecular formula is C32H45BrN4O5. The van der Waals surface area contributed by atoms with Gasteiger partial charge in [0, 0.05) is 62.1 Å². The van der Waals surface area contributed by atoms with Crippen LogP contribution in [0.4, 0.5) is 11.4 Å². The summed E-state index contributed by atoms with van der Waals surface area (Å²) in [4.78, 5) is 49.8. The predicted octanol–water partition coefficient (Wildman–Crippen LogP) is 3.61. The van der Waals surface area contributed by atoms with Gasteiger partial charge in [0.05, 0.1) is 17.9 Å². The van der Waals surface area contributed by atoms with E-state index in [0.717, 1.165) is 25.2 Å². The van der Waals surface area contributed by atoms with Crippen molar-refractivity contribution in [3.63, 3.8) is 0 Å². The molecule has 3 amide bonds. The number of benzene rings is 1. The van der Waals surface area contributed by atoms with E-state index in [0.29, 0.717) is 31.6 Å². The number of carbonyl (C=O) groups is 3. The van der Waals surface area contributed by atoms with E-state index < -0.39 is 29.6 Å². The molecule has 3 aliphatic rings. The maximum absolute atomic E-state index is 14.6. The van der Waals surface area contributed by atoms with Crippen molar-refractivity contribution in [2.24, 2.45) is 11.8 Å². The van der Waals surface area contributed by atoms with Crippen molar-refractivity contribution >= 4 is 45.0 Å². The highest BCUT2D eigenvalue weighted by Gasteiger charge is 2.76. The molecule has 3 aliphatic heterocycles. The van der Waals surface area contributed by atoms with E-state index in [-0.39, 0.29) is 42.2 Å². The average Bonchev–Trinajstić information content (AvgIpc) is 3.58. The summed E-state index contributed by atoms with van der Waals surface area (Å²) in [6.45, 7) is 16.9. The highest BCUT2D eigenvalue weighted by Crippen LogP contribution is 2.60. The standard InChI is InChI=1S/C32H45BrN4O5/c1-6-16-35(17-7-2)29(39)25-26-30(40)37(19-11-20-38)28(32(26)21-24(33)27(25)42-32)31(41)36(18-8-3)23-14-12-22(13-15-23)34(9-4)10-5/h6,8,12-15,24-28,38H,1,3,7,9-11,16-21H2,2,4-5H3/t24?,25-,26-,27-,28?,32?/m0/s1. The number of halogens is 1. The van der Waals surface area contributed by atoms with Gasteiger partial charge in [-0.2, -0.15) is 0 Å². The molecule has 10 heteroatoms. The van der Waals surface area contributed by atoms with E-state index in [1.165, 1.54) is 0 Å². The molecule has 3 unspecified atom stereocenters. The number of alkyl halides is 1. The van der Waals surface area contributed by atoms with Crippen LogP contribution in [0, 0.1) is 11.8 Å². The van der Waals surface area contributed by atoms with Gasteiger partial charge in [0.15, 0.2) is 0 Å². The summed E-state index contributed by atoms with van der Waals surface area (Å²) in [5, 5.41) is 9.67. The third kappa shape index (κ3) is 5.53. The molecule has 0 aliphatic carbocycles. The fourth-order valence-corrected chi connectivity index (χ4v) is 8.07. The quantitative estimate of drug-likeness (QED) is 0.232. The summed E-state index contributed by atoms with van der Waals surface area (Å²) in [5.74, 6) is -2.16. The van der Waals surface area contributed by atoms with E-state index in [9.17, 15) is 19.5 Å². The molecule has 3 heterocycles. The first kappa shape index (κ1) is 32.2. The second-order valence-electron chi connectivity index (χ2n) is 11.3. The smallest absolute Gasteiger partial charge is 0.253 e. The van der Waals surface area contributed by atoms with Gasteiger partial charge in [-0.05, 0) is 57.4 Å². The molecule has 9 nitrogen and oxygen atoms in total. The van der Waals surface area contributed by atoms with Gasteiger partial charge in [0.2, 0.25) is 11.8 Å². The zero-order chi connectivity index (χ0) is 30.6. The summed E-state index contributed by atoms with van der Waals surface area (Å²) in [5.41, 5.74) is 0.599. The number of carbonyl (C=O) groups excluding carboxylic acids is 3. The van der Waals surface area contributed by atoms with Crippen LogP contribution in [0.1, 0.15) is 40.0 Å². The lowest BCUT2D eigenvalue weighted by Gasteiger charge is -2.37. The van der Waals surface area contributed by atoms with Crippen LogP contribution in [-0.2, 0) is 19.1 Å². The Kier molecular flexibility index (Phi) is 10.5. The first-order chi connectivity index (χ1) is 20.2. The van der Waals surface area contributed by atoms with Gasteiger partial charge in [-0.25, -0.2) is 0 Å². The Balaban J connectivity index is 1.75. The van der Waals surface area contributed by atoms with Crippen molar-refractivity contribution in [3.05, 3.63) is 49.6 Å². The van der Waals surface area contributed by atoms with Gasteiger partial charge in [-0.15, -0.1) is 13.2 Å². The summed E-state index contributed by atoms with van der Waals surface area (Å²) in [6, 6.07) is 6.90. The molecule has 1 aromatic rings. The molecule has 4 rings (SSSR count). The Morgan fingerprint density at radius 1 is 1.10 bits per heavy atom. The van der Waals surface area contributed by atoms with Crippen molar-refractivity contribution in [1.29, 1.82) is 0 Å². The highest BCUT2D eigenvalue weighted by atomic mass is 79.9. The number of aliphatic hydroxyl groups is 1. The lowest BCUT2D eigenvalue weighted by Crippen LogP contribution is -2.57. The van der Waals surface area contributed by atoms with E-state index in [1.807, 2.05) is 31.2 Å². The van der Waals surface area contributed by atoms with Gasteiger partial charge in [-0.3, -0.25) is 14.4 Å². The minimum atomic E-state index is -1.16. The number of amides is 3. The van der Waals surface area contributed by atoms with Crippen LogP contribution in [0.3, 0.4) is 0 Å². The number of hydrogen-bond acceptors (Lipinski definition) is 6. The van der Waals surface area contributed by atoms with Crippen LogP contribution in [0.15, 0.2) is 49.6 Å². The minimum absolute atomic E-state index is 0.123. The lowest BCUT2D eigenvalue weighted by atomic mass is 9.70. The maximum Gasteiger partial charge on any atom is 0.253 e. The van der Waals surface area contributed by atoms with Crippen molar-refractivity contribution in [2.75, 3.05) is 55.7 Å². The third-order valence-electron chi connectivity index (χ3n) is 8.89. The van der Waals surface area contributed by atoms with Gasteiger partial charge in [0.1, 0.15) is 11.6 Å². The highest BCUT2D eigenvalue weighted by molar-refractivity contribution is 9.09. The van der Waals surface area contributed by atoms with Crippen LogP contribution in [0.25, 0.3) is 0 Å². The van der Waals surface area contributed by atoms with Crippen molar-refractivity contribution in [1.82, 2.24) is 9.80 Å². The van der Waals surface area contributed by atoms with E-state index in [4.69, 9.17) is 4.74 Å². The zero-order valence-electron chi connectivity index (χ0n) is 25.1. The fourth-order valence-electron chi connectivity index (χ4n) is 7.13. The number of ether oxygens (including phenoxy) is 1. The number of rotatable bonds is 15. The first-order valence-electron chi connectivity index (χ1n) is 15.1. The second kappa shape index (κ2) is 13.7. The van der Waals surface area contributed by atoms with E-state index in [2.05, 4.69) is 47.8 Å². The molecule has 3 fully saturated rings. The van der Waals surface area contributed by atoms with Gasteiger partial charge < -0.3 is 29.4 Å². The Morgan fingerprint density at radius 3 is 2.31 bits per heavy atom. The Hall–Kier alpha value is -2.69. The number of nitrogens with zero attached hydrogens (tertiary/aromatic N) is 4. The summed E-state index contributed by atoms with van der Waals surface area (Å²) in [7, 11) is 0. The maximum atomic E-state index is 14.6. The number of hydrogen-bond donors (Lipinski definition) is 1. The summed E-state index contributed by atoms with van der Waals surface area (Å²) in [6.07, 6.45) is 4.36. The van der Waals surface area contributed by atoms with Gasteiger partial charge >= 0.3 is 0 Å². The fraction of sp³-hybridized carbons (Fsp3) is 0.594. The van der Waals surface area contributed by atoms with Gasteiger partial charge in [0.25, 0.3) is 5.91 Å². The summed E-state index contributed by atoms with van der Waals surface area (Å²) < 4.78 is 6.67. The topological polar surface area (TPSA) is 93.6 Å². The van der Waals surface area contributed by atoms with Crippen molar-refractivity contribution < 1.29 is 24.2 Å². The molecule has 0 aromatic heterocycles. The van der Waals surface area contributed by atoms with E-state index in [1.54, 1.807) is 26.9 Å². The minimum Gasteiger partial charge on any atom is -0.396 e. The third-order valence-corrected chi connectivity index (χ3v) is 9.73. The number of anilines is 2. The molecule has 6 atom stereocenters. The molecule has 2 bridgehead atoms. The Bertz CT molecular complexity index is 1160. The zero-order valence-corrected chi connectivity index (χ0v) is 26.7. The monoisotopic (exact) mass is 644 g/mol. The number of fused-ring (bicyclic) bond motifs is 1. The Morgan fingerprint density at radius 2 is 1.74 bits per heavy atom. The van der Waals surface area contributed by atoms with Crippen LogP contribution in [0.5, 0.6) is 0 Å². The second-order valence-corrected chi connectivity index (χ2v) is 12.4. The van der Waals surface area contributed by atoms with Gasteiger partial charge in [-0.1, -0.05) is 35.0 Å². The number of aliphatic hydroxyl groups excluding tert-OH is 1. The molecule has 1 N–H and O–H groups in total. The van der Waals surface area contributed by atoms with Crippen LogP contribution < -0.4 is 9.80 Å². The average molecular weight is 646 g/mol. The first-order valence-corrected chi connectivity index (χ1v) is 16.1. The molecule has 230 valence electrons. The molecule has 1 spiro atoms. The molecular weight excluding hydrogens is 600 g/mol. The van der Waals surface area contributed by atoms with Crippen molar-refractivity contribution in [2.45, 2.75) is 62.6 Å². The van der Waals surface area contributed by atoms with Crippen molar-refractivity contribution in [3.8, 4) is 0 Å². The summed E-state index contributed by atoms with van der Waals surface area (Å²) >= 11 is 3.75. The normalized spacial score (nSPS) is 27.6. The molecule has 42 heavy (non-hydrogen) atoms. The SMILES string of the molecule is C=CCN(CCC)C(=O)[C@H]1[C@H]2C(=O)N(CCCO)C(C(=O)N(CC=C)c3ccc(N(CC)CC)cc3)C23CC(Br)[C@@H]1O3. The predicted molar refractivity (Wildman–Crippen MR) is 169 cm³/mol.